The molecule has 1 aliphatic rings. The smallest absolute Gasteiger partial charge is 0.223 e. The predicted molar refractivity (Wildman–Crippen MR) is 156 cm³/mol. The summed E-state index contributed by atoms with van der Waals surface area (Å²) in [7, 11) is 0. The Labute approximate surface area is 235 Å². The molecular formula is C31H37N7O2. The Bertz CT molecular complexity index is 1530. The molecule has 0 unspecified atom stereocenters. The molecule has 1 aromatic carbocycles. The summed E-state index contributed by atoms with van der Waals surface area (Å²) >= 11 is 0. The molecule has 1 atom stereocenters. The van der Waals surface area contributed by atoms with Crippen LogP contribution in [0.4, 0.5) is 5.69 Å². The Morgan fingerprint density at radius 3 is 2.40 bits per heavy atom. The minimum absolute atomic E-state index is 0.00728. The van der Waals surface area contributed by atoms with E-state index >= 15 is 0 Å². The van der Waals surface area contributed by atoms with Gasteiger partial charge in [-0.2, -0.15) is 15.5 Å². The van der Waals surface area contributed by atoms with E-state index in [9.17, 15) is 15.2 Å². The van der Waals surface area contributed by atoms with Crippen molar-refractivity contribution in [2.45, 2.75) is 40.7 Å². The maximum absolute atomic E-state index is 12.6. The number of anilines is 1. The van der Waals surface area contributed by atoms with E-state index in [0.29, 0.717) is 18.5 Å². The topological polar surface area (TPSA) is 103 Å². The largest absolute Gasteiger partial charge is 0.396 e. The molecule has 0 spiro atoms. The minimum atomic E-state index is -0.00728. The molecule has 40 heavy (non-hydrogen) atoms. The molecule has 3 aromatic heterocycles. The second-order valence-electron chi connectivity index (χ2n) is 12.0. The highest BCUT2D eigenvalue weighted by Gasteiger charge is 2.25. The lowest BCUT2D eigenvalue weighted by Crippen LogP contribution is -2.49. The Kier molecular flexibility index (Phi) is 7.63. The van der Waals surface area contributed by atoms with Crippen LogP contribution in [0.25, 0.3) is 27.8 Å². The highest BCUT2D eigenvalue weighted by molar-refractivity contribution is 5.88. The lowest BCUT2D eigenvalue weighted by Gasteiger charge is -2.37. The van der Waals surface area contributed by atoms with Crippen LogP contribution in [0, 0.1) is 22.7 Å². The number of nitriles is 1. The second kappa shape index (κ2) is 11.1. The lowest BCUT2D eigenvalue weighted by atomic mass is 9.91. The Hall–Kier alpha value is -4.16. The first-order chi connectivity index (χ1) is 19.1. The maximum atomic E-state index is 12.6. The van der Waals surface area contributed by atoms with Gasteiger partial charge in [0, 0.05) is 80.5 Å². The molecule has 9 nitrogen and oxygen atoms in total. The molecule has 1 saturated heterocycles. The Morgan fingerprint density at radius 2 is 1.75 bits per heavy atom. The fraction of sp³-hybridized carbons (Fsp3) is 0.419. The van der Waals surface area contributed by atoms with E-state index in [-0.39, 0.29) is 23.8 Å². The predicted octanol–water partition coefficient (Wildman–Crippen LogP) is 4.45. The number of pyridine rings is 1. The van der Waals surface area contributed by atoms with Crippen molar-refractivity contribution in [1.82, 2.24) is 24.3 Å². The molecule has 0 radical (unpaired) electrons. The van der Waals surface area contributed by atoms with E-state index in [0.717, 1.165) is 59.6 Å². The van der Waals surface area contributed by atoms with Gasteiger partial charge >= 0.3 is 0 Å². The molecule has 0 bridgehead atoms. The molecule has 4 heterocycles. The van der Waals surface area contributed by atoms with E-state index in [1.807, 2.05) is 35.1 Å². The zero-order valence-electron chi connectivity index (χ0n) is 23.7. The zero-order valence-corrected chi connectivity index (χ0v) is 23.7. The SMILES string of the molecule is C[C@@H](CO)Cn1cc(-c2cc(-c3ccc(N4CCN(C(=O)CC(C)(C)C)CC4)cc3)c3c(C#N)cnn3c2)cn1. The molecule has 1 aliphatic heterocycles. The molecular weight excluding hydrogens is 502 g/mol. The first kappa shape index (κ1) is 27.4. The highest BCUT2D eigenvalue weighted by Crippen LogP contribution is 2.33. The number of hydrogen-bond acceptors (Lipinski definition) is 6. The van der Waals surface area contributed by atoms with Crippen molar-refractivity contribution in [1.29, 1.82) is 5.26 Å². The van der Waals surface area contributed by atoms with Gasteiger partial charge in [0.25, 0.3) is 0 Å². The van der Waals surface area contributed by atoms with Crippen LogP contribution >= 0.6 is 0 Å². The van der Waals surface area contributed by atoms with Gasteiger partial charge in [0.1, 0.15) is 6.07 Å². The number of hydrogen-bond donors (Lipinski definition) is 1. The van der Waals surface area contributed by atoms with Gasteiger partial charge in [-0.25, -0.2) is 4.52 Å². The van der Waals surface area contributed by atoms with E-state index in [1.165, 1.54) is 0 Å². The number of piperazine rings is 1. The number of benzene rings is 1. The molecule has 5 rings (SSSR count). The van der Waals surface area contributed by atoms with Gasteiger partial charge in [0.2, 0.25) is 5.91 Å². The number of nitrogens with zero attached hydrogens (tertiary/aromatic N) is 7. The number of carbonyl (C=O) groups is 1. The van der Waals surface area contributed by atoms with Crippen LogP contribution in [0.2, 0.25) is 0 Å². The summed E-state index contributed by atoms with van der Waals surface area (Å²) in [6.45, 7) is 12.1. The van der Waals surface area contributed by atoms with Crippen molar-refractivity contribution >= 4 is 17.1 Å². The van der Waals surface area contributed by atoms with E-state index in [2.05, 4.69) is 72.3 Å². The van der Waals surface area contributed by atoms with Gasteiger partial charge < -0.3 is 14.9 Å². The average molecular weight is 540 g/mol. The van der Waals surface area contributed by atoms with E-state index in [1.54, 1.807) is 10.7 Å². The highest BCUT2D eigenvalue weighted by atomic mass is 16.3. The molecule has 4 aromatic rings. The Balaban J connectivity index is 1.39. The molecule has 0 aliphatic carbocycles. The molecule has 0 saturated carbocycles. The van der Waals surface area contributed by atoms with Gasteiger partial charge in [-0.1, -0.05) is 39.8 Å². The van der Waals surface area contributed by atoms with Gasteiger partial charge in [-0.3, -0.25) is 9.48 Å². The van der Waals surface area contributed by atoms with Crippen LogP contribution in [0.1, 0.15) is 39.7 Å². The van der Waals surface area contributed by atoms with Gasteiger partial charge in [-0.15, -0.1) is 0 Å². The normalized spacial score (nSPS) is 14.9. The summed E-state index contributed by atoms with van der Waals surface area (Å²) < 4.78 is 3.60. The summed E-state index contributed by atoms with van der Waals surface area (Å²) in [5.41, 5.74) is 6.20. The van der Waals surface area contributed by atoms with E-state index < -0.39 is 0 Å². The summed E-state index contributed by atoms with van der Waals surface area (Å²) in [4.78, 5) is 16.9. The number of aliphatic hydroxyl groups excluding tert-OH is 1. The monoisotopic (exact) mass is 539 g/mol. The first-order valence-corrected chi connectivity index (χ1v) is 13.8. The van der Waals surface area contributed by atoms with Crippen LogP contribution in [0.15, 0.2) is 55.1 Å². The molecule has 1 amide bonds. The first-order valence-electron chi connectivity index (χ1n) is 13.8. The number of amides is 1. The molecule has 1 N–H and O–H groups in total. The lowest BCUT2D eigenvalue weighted by molar-refractivity contribution is -0.133. The van der Waals surface area contributed by atoms with Crippen molar-refractivity contribution < 1.29 is 9.90 Å². The van der Waals surface area contributed by atoms with Crippen molar-refractivity contribution in [3.8, 4) is 28.3 Å². The third kappa shape index (κ3) is 5.87. The summed E-state index contributed by atoms with van der Waals surface area (Å²) in [5.74, 6) is 0.342. The summed E-state index contributed by atoms with van der Waals surface area (Å²) in [6, 6.07) is 12.8. The van der Waals surface area contributed by atoms with Gasteiger partial charge in [0.15, 0.2) is 0 Å². The van der Waals surface area contributed by atoms with Crippen LogP contribution in [0.3, 0.4) is 0 Å². The second-order valence-corrected chi connectivity index (χ2v) is 12.0. The van der Waals surface area contributed by atoms with Crippen LogP contribution in [-0.4, -0.2) is 68.1 Å². The van der Waals surface area contributed by atoms with Gasteiger partial charge in [0.05, 0.1) is 23.5 Å². The Morgan fingerprint density at radius 1 is 1.02 bits per heavy atom. The van der Waals surface area contributed by atoms with Gasteiger partial charge in [-0.05, 0) is 35.1 Å². The zero-order chi connectivity index (χ0) is 28.4. The average Bonchev–Trinajstić information content (AvgIpc) is 3.58. The van der Waals surface area contributed by atoms with Crippen molar-refractivity contribution in [3.05, 3.63) is 60.7 Å². The van der Waals surface area contributed by atoms with Crippen LogP contribution in [0.5, 0.6) is 0 Å². The standard InChI is InChI=1S/C31H37N7O2/c1-22(21-39)18-37-19-26(17-33-37)24-13-28(30-25(15-32)16-34-38(30)20-24)23-5-7-27(8-6-23)35-9-11-36(12-10-35)29(40)14-31(2,3)4/h5-8,13,16-17,19-20,22,39H,9-12,14,18,21H2,1-4H3/t22-/m1/s1. The fourth-order valence-electron chi connectivity index (χ4n) is 5.20. The quantitative estimate of drug-likeness (QED) is 0.372. The summed E-state index contributed by atoms with van der Waals surface area (Å²) in [6.07, 6.45) is 7.88. The van der Waals surface area contributed by atoms with Crippen LogP contribution in [-0.2, 0) is 11.3 Å². The third-order valence-corrected chi connectivity index (χ3v) is 7.37. The van der Waals surface area contributed by atoms with Crippen LogP contribution < -0.4 is 4.90 Å². The minimum Gasteiger partial charge on any atom is -0.396 e. The molecule has 208 valence electrons. The number of aliphatic hydroxyl groups is 1. The molecule has 9 heteroatoms. The van der Waals surface area contributed by atoms with Crippen molar-refractivity contribution in [2.75, 3.05) is 37.7 Å². The number of carbonyl (C=O) groups excluding carboxylic acids is 1. The fourth-order valence-corrected chi connectivity index (χ4v) is 5.20. The molecule has 1 fully saturated rings. The number of rotatable bonds is 7. The maximum Gasteiger partial charge on any atom is 0.223 e. The van der Waals surface area contributed by atoms with Crippen molar-refractivity contribution in [2.24, 2.45) is 11.3 Å². The van der Waals surface area contributed by atoms with E-state index in [4.69, 9.17) is 0 Å². The van der Waals surface area contributed by atoms with Crippen molar-refractivity contribution in [3.63, 3.8) is 0 Å². The third-order valence-electron chi connectivity index (χ3n) is 7.37. The number of aromatic nitrogens is 4. The summed E-state index contributed by atoms with van der Waals surface area (Å²) in [5, 5.41) is 28.1. The number of fused-ring (bicyclic) bond motifs is 1.